The predicted molar refractivity (Wildman–Crippen MR) is 94.9 cm³/mol. The first-order valence-electron chi connectivity index (χ1n) is 8.68. The molecule has 1 amide bonds. The molecule has 0 atom stereocenters. The monoisotopic (exact) mass is 321 g/mol. The van der Waals surface area contributed by atoms with Crippen LogP contribution in [0.4, 0.5) is 0 Å². The second-order valence-electron chi connectivity index (χ2n) is 6.38. The molecule has 0 aromatic heterocycles. The molecule has 0 heterocycles. The fourth-order valence-corrected chi connectivity index (χ4v) is 3.16. The maximum absolute atomic E-state index is 12.3. The fraction of sp³-hybridized carbons (Fsp3) is 0.333. The van der Waals surface area contributed by atoms with E-state index >= 15 is 0 Å². The van der Waals surface area contributed by atoms with Gasteiger partial charge in [-0.05, 0) is 48.4 Å². The van der Waals surface area contributed by atoms with Gasteiger partial charge in [0.05, 0.1) is 0 Å². The Labute approximate surface area is 143 Å². The van der Waals surface area contributed by atoms with Crippen molar-refractivity contribution in [1.82, 2.24) is 5.32 Å². The smallest absolute Gasteiger partial charge is 0.220 e. The SMILES string of the molecule is O=C(CCC(=O)c1ccc2c(c1)CCCC2)NCc1ccccc1. The number of carbonyl (C=O) groups excluding carboxylic acids is 2. The Morgan fingerprint density at radius 1 is 0.875 bits per heavy atom. The Kier molecular flexibility index (Phi) is 5.42. The number of hydrogen-bond donors (Lipinski definition) is 1. The van der Waals surface area contributed by atoms with Gasteiger partial charge in [-0.15, -0.1) is 0 Å². The van der Waals surface area contributed by atoms with Crippen LogP contribution in [-0.2, 0) is 24.2 Å². The molecule has 0 bridgehead atoms. The third-order valence-electron chi connectivity index (χ3n) is 4.58. The summed E-state index contributed by atoms with van der Waals surface area (Å²) in [7, 11) is 0. The highest BCUT2D eigenvalue weighted by Crippen LogP contribution is 2.22. The van der Waals surface area contributed by atoms with E-state index in [1.54, 1.807) is 0 Å². The van der Waals surface area contributed by atoms with Crippen LogP contribution in [0.15, 0.2) is 48.5 Å². The van der Waals surface area contributed by atoms with Gasteiger partial charge in [-0.3, -0.25) is 9.59 Å². The topological polar surface area (TPSA) is 46.2 Å². The van der Waals surface area contributed by atoms with E-state index in [1.807, 2.05) is 42.5 Å². The number of rotatable bonds is 6. The van der Waals surface area contributed by atoms with Gasteiger partial charge in [-0.2, -0.15) is 0 Å². The average molecular weight is 321 g/mol. The molecule has 1 aliphatic carbocycles. The van der Waals surface area contributed by atoms with E-state index in [-0.39, 0.29) is 24.5 Å². The number of amides is 1. The van der Waals surface area contributed by atoms with Crippen molar-refractivity contribution in [2.24, 2.45) is 0 Å². The summed E-state index contributed by atoms with van der Waals surface area (Å²) in [6, 6.07) is 15.8. The van der Waals surface area contributed by atoms with Crippen LogP contribution in [0.5, 0.6) is 0 Å². The van der Waals surface area contributed by atoms with Crippen LogP contribution >= 0.6 is 0 Å². The van der Waals surface area contributed by atoms with Gasteiger partial charge in [0.15, 0.2) is 5.78 Å². The highest BCUT2D eigenvalue weighted by atomic mass is 16.2. The Bertz CT molecular complexity index is 722. The largest absolute Gasteiger partial charge is 0.352 e. The molecule has 0 radical (unpaired) electrons. The first-order chi connectivity index (χ1) is 11.7. The van der Waals surface area contributed by atoms with Crippen molar-refractivity contribution in [3.63, 3.8) is 0 Å². The first-order valence-corrected chi connectivity index (χ1v) is 8.68. The maximum Gasteiger partial charge on any atom is 0.220 e. The summed E-state index contributed by atoms with van der Waals surface area (Å²) >= 11 is 0. The molecule has 3 rings (SSSR count). The highest BCUT2D eigenvalue weighted by Gasteiger charge is 2.14. The molecule has 0 saturated carbocycles. The van der Waals surface area contributed by atoms with E-state index in [0.29, 0.717) is 6.54 Å². The summed E-state index contributed by atoms with van der Waals surface area (Å²) in [4.78, 5) is 24.3. The number of hydrogen-bond acceptors (Lipinski definition) is 2. The van der Waals surface area contributed by atoms with Crippen LogP contribution in [0.2, 0.25) is 0 Å². The molecule has 1 aliphatic rings. The van der Waals surface area contributed by atoms with Crippen LogP contribution in [0.1, 0.15) is 52.7 Å². The second-order valence-corrected chi connectivity index (χ2v) is 6.38. The number of Topliss-reactive ketones (excluding diaryl/α,β-unsaturated/α-hetero) is 1. The zero-order chi connectivity index (χ0) is 16.8. The summed E-state index contributed by atoms with van der Waals surface area (Å²) in [5, 5.41) is 2.86. The van der Waals surface area contributed by atoms with Crippen LogP contribution in [0.25, 0.3) is 0 Å². The fourth-order valence-electron chi connectivity index (χ4n) is 3.16. The molecule has 0 saturated heterocycles. The molecule has 3 heteroatoms. The molecule has 3 nitrogen and oxygen atoms in total. The third-order valence-corrected chi connectivity index (χ3v) is 4.58. The molecular formula is C21H23NO2. The predicted octanol–water partition coefficient (Wildman–Crippen LogP) is 3.84. The molecule has 0 spiro atoms. The number of nitrogens with one attached hydrogen (secondary N) is 1. The molecule has 124 valence electrons. The van der Waals surface area contributed by atoms with E-state index in [4.69, 9.17) is 0 Å². The standard InChI is InChI=1S/C21H23NO2/c23-20(19-11-10-17-8-4-5-9-18(17)14-19)12-13-21(24)22-15-16-6-2-1-3-7-16/h1-3,6-7,10-11,14H,4-5,8-9,12-13,15H2,(H,22,24). The lowest BCUT2D eigenvalue weighted by atomic mass is 9.89. The molecule has 2 aromatic carbocycles. The van der Waals surface area contributed by atoms with Crippen molar-refractivity contribution in [3.8, 4) is 0 Å². The zero-order valence-corrected chi connectivity index (χ0v) is 13.9. The molecule has 0 aliphatic heterocycles. The Morgan fingerprint density at radius 3 is 2.42 bits per heavy atom. The van der Waals surface area contributed by atoms with Gasteiger partial charge in [-0.1, -0.05) is 42.5 Å². The summed E-state index contributed by atoms with van der Waals surface area (Å²) in [6.07, 6.45) is 5.12. The molecular weight excluding hydrogens is 298 g/mol. The Balaban J connectivity index is 1.49. The summed E-state index contributed by atoms with van der Waals surface area (Å²) in [5.41, 5.74) is 4.48. The molecule has 0 fully saturated rings. The summed E-state index contributed by atoms with van der Waals surface area (Å²) in [5.74, 6) is -0.0246. The van der Waals surface area contributed by atoms with Crippen molar-refractivity contribution in [2.45, 2.75) is 45.1 Å². The number of ketones is 1. The van der Waals surface area contributed by atoms with Crippen LogP contribution in [0, 0.1) is 0 Å². The highest BCUT2D eigenvalue weighted by molar-refractivity contribution is 5.98. The zero-order valence-electron chi connectivity index (χ0n) is 13.9. The normalized spacial score (nSPS) is 13.2. The number of aryl methyl sites for hydroxylation is 2. The lowest BCUT2D eigenvalue weighted by Crippen LogP contribution is -2.23. The van der Waals surface area contributed by atoms with Crippen molar-refractivity contribution in [3.05, 3.63) is 70.8 Å². The molecule has 1 N–H and O–H groups in total. The van der Waals surface area contributed by atoms with Gasteiger partial charge < -0.3 is 5.32 Å². The van der Waals surface area contributed by atoms with Crippen molar-refractivity contribution >= 4 is 11.7 Å². The number of benzene rings is 2. The van der Waals surface area contributed by atoms with E-state index < -0.39 is 0 Å². The van der Waals surface area contributed by atoms with Gasteiger partial charge >= 0.3 is 0 Å². The summed E-state index contributed by atoms with van der Waals surface area (Å²) < 4.78 is 0. The number of fused-ring (bicyclic) bond motifs is 1. The lowest BCUT2D eigenvalue weighted by molar-refractivity contribution is -0.121. The van der Waals surface area contributed by atoms with Gasteiger partial charge in [-0.25, -0.2) is 0 Å². The van der Waals surface area contributed by atoms with Crippen LogP contribution in [0.3, 0.4) is 0 Å². The Morgan fingerprint density at radius 2 is 1.62 bits per heavy atom. The van der Waals surface area contributed by atoms with Gasteiger partial charge in [0, 0.05) is 24.9 Å². The van der Waals surface area contributed by atoms with Gasteiger partial charge in [0.1, 0.15) is 0 Å². The van der Waals surface area contributed by atoms with Gasteiger partial charge in [0.2, 0.25) is 5.91 Å². The molecule has 24 heavy (non-hydrogen) atoms. The lowest BCUT2D eigenvalue weighted by Gasteiger charge is -2.16. The van der Waals surface area contributed by atoms with E-state index in [1.165, 1.54) is 24.0 Å². The first kappa shape index (κ1) is 16.4. The van der Waals surface area contributed by atoms with Crippen molar-refractivity contribution in [1.29, 1.82) is 0 Å². The Hall–Kier alpha value is -2.42. The van der Waals surface area contributed by atoms with E-state index in [2.05, 4.69) is 11.4 Å². The quantitative estimate of drug-likeness (QED) is 0.822. The van der Waals surface area contributed by atoms with Crippen molar-refractivity contribution in [2.75, 3.05) is 0 Å². The maximum atomic E-state index is 12.3. The second kappa shape index (κ2) is 7.91. The minimum absolute atomic E-state index is 0.0539. The van der Waals surface area contributed by atoms with Crippen LogP contribution < -0.4 is 5.32 Å². The molecule has 0 unspecified atom stereocenters. The van der Waals surface area contributed by atoms with Gasteiger partial charge in [0.25, 0.3) is 0 Å². The van der Waals surface area contributed by atoms with Crippen LogP contribution in [-0.4, -0.2) is 11.7 Å². The minimum Gasteiger partial charge on any atom is -0.352 e. The minimum atomic E-state index is -0.0786. The molecule has 2 aromatic rings. The number of carbonyl (C=O) groups is 2. The van der Waals surface area contributed by atoms with E-state index in [9.17, 15) is 9.59 Å². The average Bonchev–Trinajstić information content (AvgIpc) is 2.65. The summed E-state index contributed by atoms with van der Waals surface area (Å²) in [6.45, 7) is 0.507. The van der Waals surface area contributed by atoms with E-state index in [0.717, 1.165) is 24.0 Å². The van der Waals surface area contributed by atoms with Crippen molar-refractivity contribution < 1.29 is 9.59 Å². The third kappa shape index (κ3) is 4.31.